The number of fused-ring (bicyclic) bond motifs is 1. The van der Waals surface area contributed by atoms with E-state index in [1.165, 1.54) is 24.0 Å². The highest BCUT2D eigenvalue weighted by Crippen LogP contribution is 2.29. The molecule has 2 aromatic rings. The summed E-state index contributed by atoms with van der Waals surface area (Å²) < 4.78 is 0. The molecule has 1 aromatic heterocycles. The van der Waals surface area contributed by atoms with Crippen LogP contribution in [-0.2, 0) is 13.0 Å². The number of hydrogen-bond acceptors (Lipinski definition) is 3. The Balaban J connectivity index is 1.30. The van der Waals surface area contributed by atoms with Crippen molar-refractivity contribution in [2.45, 2.75) is 44.7 Å². The van der Waals surface area contributed by atoms with Crippen LogP contribution < -0.4 is 15.5 Å². The number of nitrogens with one attached hydrogen (secondary N) is 2. The number of nitrogens with zero attached hydrogens (tertiary/aromatic N) is 2. The Morgan fingerprint density at radius 3 is 2.77 bits per heavy atom. The SMILES string of the molecule is O=C(NCc1ccc(N2CCCC2)nc1)NC1CCCc2ccccc21. The van der Waals surface area contributed by atoms with E-state index < -0.39 is 0 Å². The van der Waals surface area contributed by atoms with E-state index in [2.05, 4.69) is 50.8 Å². The van der Waals surface area contributed by atoms with E-state index in [4.69, 9.17) is 0 Å². The van der Waals surface area contributed by atoms with Gasteiger partial charge in [0, 0.05) is 25.8 Å². The minimum atomic E-state index is -0.115. The van der Waals surface area contributed by atoms with Crippen LogP contribution in [0, 0.1) is 0 Å². The number of amides is 2. The maximum absolute atomic E-state index is 12.3. The summed E-state index contributed by atoms with van der Waals surface area (Å²) >= 11 is 0. The summed E-state index contributed by atoms with van der Waals surface area (Å²) in [6.45, 7) is 2.68. The lowest BCUT2D eigenvalue weighted by molar-refractivity contribution is 0.235. The number of hydrogen-bond donors (Lipinski definition) is 2. The molecule has 26 heavy (non-hydrogen) atoms. The van der Waals surface area contributed by atoms with Crippen LogP contribution in [0.3, 0.4) is 0 Å². The van der Waals surface area contributed by atoms with Crippen LogP contribution in [0.5, 0.6) is 0 Å². The molecule has 5 nitrogen and oxygen atoms in total. The number of aromatic nitrogens is 1. The molecule has 2 amide bonds. The second-order valence-corrected chi connectivity index (χ2v) is 7.19. The zero-order valence-electron chi connectivity index (χ0n) is 15.1. The lowest BCUT2D eigenvalue weighted by atomic mass is 9.88. The van der Waals surface area contributed by atoms with Crippen molar-refractivity contribution in [1.82, 2.24) is 15.6 Å². The van der Waals surface area contributed by atoms with Gasteiger partial charge in [-0.3, -0.25) is 0 Å². The monoisotopic (exact) mass is 350 g/mol. The first-order chi connectivity index (χ1) is 12.8. The van der Waals surface area contributed by atoms with Crippen LogP contribution in [0.2, 0.25) is 0 Å². The predicted molar refractivity (Wildman–Crippen MR) is 103 cm³/mol. The largest absolute Gasteiger partial charge is 0.357 e. The van der Waals surface area contributed by atoms with Crippen LogP contribution in [0.4, 0.5) is 10.6 Å². The first kappa shape index (κ1) is 16.9. The molecule has 5 heteroatoms. The Kier molecular flexibility index (Phi) is 5.04. The average molecular weight is 350 g/mol. The summed E-state index contributed by atoms with van der Waals surface area (Å²) in [5.74, 6) is 1.04. The van der Waals surface area contributed by atoms with Gasteiger partial charge in [-0.1, -0.05) is 30.3 Å². The molecule has 1 aliphatic heterocycles. The average Bonchev–Trinajstić information content (AvgIpc) is 3.22. The smallest absolute Gasteiger partial charge is 0.315 e. The van der Waals surface area contributed by atoms with Crippen molar-refractivity contribution in [3.63, 3.8) is 0 Å². The lowest BCUT2D eigenvalue weighted by Crippen LogP contribution is -2.38. The molecule has 0 spiro atoms. The summed E-state index contributed by atoms with van der Waals surface area (Å²) in [7, 11) is 0. The van der Waals surface area contributed by atoms with Crippen LogP contribution in [-0.4, -0.2) is 24.1 Å². The van der Waals surface area contributed by atoms with Gasteiger partial charge >= 0.3 is 6.03 Å². The Hall–Kier alpha value is -2.56. The molecule has 2 heterocycles. The maximum Gasteiger partial charge on any atom is 0.315 e. The predicted octanol–water partition coefficient (Wildman–Crippen LogP) is 3.56. The highest BCUT2D eigenvalue weighted by atomic mass is 16.2. The molecule has 4 rings (SSSR count). The van der Waals surface area contributed by atoms with Gasteiger partial charge in [-0.25, -0.2) is 9.78 Å². The number of urea groups is 1. The number of pyridine rings is 1. The Labute approximate surface area is 154 Å². The van der Waals surface area contributed by atoms with Gasteiger partial charge in [0.25, 0.3) is 0 Å². The number of carbonyl (C=O) groups excluding carboxylic acids is 1. The van der Waals surface area contributed by atoms with Gasteiger partial charge in [0.05, 0.1) is 6.04 Å². The fourth-order valence-corrected chi connectivity index (χ4v) is 3.95. The lowest BCUT2D eigenvalue weighted by Gasteiger charge is -2.26. The van der Waals surface area contributed by atoms with E-state index in [0.29, 0.717) is 6.54 Å². The second-order valence-electron chi connectivity index (χ2n) is 7.19. The molecule has 1 fully saturated rings. The highest BCUT2D eigenvalue weighted by molar-refractivity contribution is 5.74. The summed E-state index contributed by atoms with van der Waals surface area (Å²) in [4.78, 5) is 19.2. The summed E-state index contributed by atoms with van der Waals surface area (Å²) in [5, 5.41) is 6.09. The molecule has 2 aliphatic rings. The van der Waals surface area contributed by atoms with Gasteiger partial charge in [-0.05, 0) is 54.9 Å². The van der Waals surface area contributed by atoms with Gasteiger partial charge in [0.1, 0.15) is 5.82 Å². The quantitative estimate of drug-likeness (QED) is 0.886. The highest BCUT2D eigenvalue weighted by Gasteiger charge is 2.21. The Morgan fingerprint density at radius 1 is 1.12 bits per heavy atom. The van der Waals surface area contributed by atoms with Crippen LogP contribution in [0.25, 0.3) is 0 Å². The molecule has 2 N–H and O–H groups in total. The molecule has 1 aromatic carbocycles. The topological polar surface area (TPSA) is 57.3 Å². The van der Waals surface area contributed by atoms with Crippen molar-refractivity contribution in [1.29, 1.82) is 0 Å². The third-order valence-electron chi connectivity index (χ3n) is 5.37. The van der Waals surface area contributed by atoms with E-state index >= 15 is 0 Å². The van der Waals surface area contributed by atoms with Crippen LogP contribution in [0.1, 0.15) is 48.4 Å². The van der Waals surface area contributed by atoms with Gasteiger partial charge in [-0.2, -0.15) is 0 Å². The molecular weight excluding hydrogens is 324 g/mol. The minimum Gasteiger partial charge on any atom is -0.357 e. The fourth-order valence-electron chi connectivity index (χ4n) is 3.95. The van der Waals surface area contributed by atoms with E-state index in [0.717, 1.165) is 43.7 Å². The molecule has 1 atom stereocenters. The van der Waals surface area contributed by atoms with Gasteiger partial charge in [0.2, 0.25) is 0 Å². The number of rotatable bonds is 4. The molecular formula is C21H26N4O. The molecule has 136 valence electrons. The van der Waals surface area contributed by atoms with Crippen molar-refractivity contribution in [2.75, 3.05) is 18.0 Å². The fraction of sp³-hybridized carbons (Fsp3) is 0.429. The molecule has 1 saturated heterocycles. The normalized spacial score (nSPS) is 19.1. The van der Waals surface area contributed by atoms with Gasteiger partial charge in [-0.15, -0.1) is 0 Å². The third-order valence-corrected chi connectivity index (χ3v) is 5.37. The van der Waals surface area contributed by atoms with Crippen LogP contribution >= 0.6 is 0 Å². The Morgan fingerprint density at radius 2 is 1.96 bits per heavy atom. The molecule has 0 radical (unpaired) electrons. The second kappa shape index (κ2) is 7.77. The maximum atomic E-state index is 12.3. The number of anilines is 1. The van der Waals surface area contributed by atoms with Crippen molar-refractivity contribution in [3.05, 3.63) is 59.3 Å². The number of carbonyl (C=O) groups is 1. The Bertz CT molecular complexity index is 753. The molecule has 0 bridgehead atoms. The van der Waals surface area contributed by atoms with Gasteiger partial charge in [0.15, 0.2) is 0 Å². The summed E-state index contributed by atoms with van der Waals surface area (Å²) in [5.41, 5.74) is 3.63. The first-order valence-corrected chi connectivity index (χ1v) is 9.61. The van der Waals surface area contributed by atoms with Crippen molar-refractivity contribution in [2.24, 2.45) is 0 Å². The molecule has 1 unspecified atom stereocenters. The first-order valence-electron chi connectivity index (χ1n) is 9.61. The minimum absolute atomic E-state index is 0.107. The van der Waals surface area contributed by atoms with Gasteiger partial charge < -0.3 is 15.5 Å². The van der Waals surface area contributed by atoms with Crippen molar-refractivity contribution >= 4 is 11.8 Å². The standard InChI is InChI=1S/C21H26N4O/c26-21(24-19-9-5-7-17-6-1-2-8-18(17)19)23-15-16-10-11-20(22-14-16)25-12-3-4-13-25/h1-2,6,8,10-11,14,19H,3-5,7,9,12-13,15H2,(H2,23,24,26). The number of aryl methyl sites for hydroxylation is 1. The number of benzene rings is 1. The zero-order chi connectivity index (χ0) is 17.8. The van der Waals surface area contributed by atoms with E-state index in [9.17, 15) is 4.79 Å². The molecule has 0 saturated carbocycles. The zero-order valence-corrected chi connectivity index (χ0v) is 15.1. The van der Waals surface area contributed by atoms with Crippen molar-refractivity contribution < 1.29 is 4.79 Å². The summed E-state index contributed by atoms with van der Waals surface area (Å²) in [6.07, 6.45) is 7.57. The third kappa shape index (κ3) is 3.82. The van der Waals surface area contributed by atoms with E-state index in [1.54, 1.807) is 0 Å². The summed E-state index contributed by atoms with van der Waals surface area (Å²) in [6, 6.07) is 12.5. The van der Waals surface area contributed by atoms with E-state index in [1.807, 2.05) is 12.3 Å². The molecule has 1 aliphatic carbocycles. The van der Waals surface area contributed by atoms with E-state index in [-0.39, 0.29) is 12.1 Å². The van der Waals surface area contributed by atoms with Crippen LogP contribution in [0.15, 0.2) is 42.6 Å². The van der Waals surface area contributed by atoms with Crippen molar-refractivity contribution in [3.8, 4) is 0 Å².